The van der Waals surface area contributed by atoms with Crippen LogP contribution in [0, 0.1) is 0 Å². The molecule has 0 fully saturated rings. The van der Waals surface area contributed by atoms with Gasteiger partial charge in [-0.25, -0.2) is 9.59 Å². The zero-order valence-corrected chi connectivity index (χ0v) is 27.6. The van der Waals surface area contributed by atoms with Crippen molar-refractivity contribution in [1.29, 1.82) is 0 Å². The Kier molecular flexibility index (Phi) is 11.9. The van der Waals surface area contributed by atoms with Crippen LogP contribution in [0.4, 0.5) is 4.79 Å². The molecule has 1 aliphatic heterocycles. The van der Waals surface area contributed by atoms with Crippen molar-refractivity contribution in [2.45, 2.75) is 32.7 Å². The molecule has 1 aliphatic rings. The third kappa shape index (κ3) is 8.82. The lowest BCUT2D eigenvalue weighted by Crippen LogP contribution is -2.45. The van der Waals surface area contributed by atoms with Crippen LogP contribution in [0.5, 0.6) is 17.2 Å². The number of aliphatic hydroxyl groups excluding tert-OH is 1. The number of benzene rings is 3. The van der Waals surface area contributed by atoms with Gasteiger partial charge in [-0.3, -0.25) is 5.43 Å². The molecule has 11 nitrogen and oxygen atoms in total. The maximum atomic E-state index is 12.5. The molecule has 4 rings (SSSR count). The number of aliphatic hydroxyl groups is 1. The number of hydrogen-bond donors (Lipinski definition) is 4. The molecule has 238 valence electrons. The topological polar surface area (TPSA) is 140 Å². The number of halogens is 3. The van der Waals surface area contributed by atoms with Gasteiger partial charge in [0.1, 0.15) is 19.0 Å². The zero-order chi connectivity index (χ0) is 32.5. The highest BCUT2D eigenvalue weighted by Gasteiger charge is 2.32. The van der Waals surface area contributed by atoms with Crippen molar-refractivity contribution in [3.05, 3.63) is 97.1 Å². The van der Waals surface area contributed by atoms with Crippen molar-refractivity contribution in [1.82, 2.24) is 16.1 Å². The molecule has 1 heterocycles. The number of carbonyl (C=O) groups is 2. The summed E-state index contributed by atoms with van der Waals surface area (Å²) < 4.78 is 23.1. The second kappa shape index (κ2) is 15.8. The van der Waals surface area contributed by atoms with Crippen LogP contribution >= 0.6 is 39.1 Å². The van der Waals surface area contributed by atoms with Gasteiger partial charge in [0.2, 0.25) is 0 Å². The third-order valence-corrected chi connectivity index (χ3v) is 7.64. The highest BCUT2D eigenvalue weighted by atomic mass is 79.9. The Morgan fingerprint density at radius 3 is 2.64 bits per heavy atom. The van der Waals surface area contributed by atoms with Gasteiger partial charge in [0, 0.05) is 26.9 Å². The van der Waals surface area contributed by atoms with Gasteiger partial charge < -0.3 is 34.7 Å². The third-order valence-electron chi connectivity index (χ3n) is 6.47. The van der Waals surface area contributed by atoms with Crippen molar-refractivity contribution < 1.29 is 33.6 Å². The minimum Gasteiger partial charge on any atom is -0.490 e. The van der Waals surface area contributed by atoms with Crippen LogP contribution in [0.2, 0.25) is 10.0 Å². The minimum atomic E-state index is -1.20. The number of allylic oxidation sites excluding steroid dienone is 1. The van der Waals surface area contributed by atoms with Gasteiger partial charge in [-0.15, -0.1) is 0 Å². The summed E-state index contributed by atoms with van der Waals surface area (Å²) in [6.45, 7) is 3.77. The summed E-state index contributed by atoms with van der Waals surface area (Å²) in [6.07, 6.45) is 0.259. The zero-order valence-electron chi connectivity index (χ0n) is 24.5. The largest absolute Gasteiger partial charge is 0.490 e. The van der Waals surface area contributed by atoms with Crippen molar-refractivity contribution >= 4 is 57.3 Å². The lowest BCUT2D eigenvalue weighted by Gasteiger charge is -2.28. The van der Waals surface area contributed by atoms with Gasteiger partial charge in [-0.2, -0.15) is 5.10 Å². The Labute approximate surface area is 278 Å². The van der Waals surface area contributed by atoms with E-state index in [1.807, 2.05) is 18.2 Å². The van der Waals surface area contributed by atoms with Gasteiger partial charge in [-0.05, 0) is 65.7 Å². The summed E-state index contributed by atoms with van der Waals surface area (Å²) in [5, 5.41) is 21.0. The molecule has 2 amide bonds. The van der Waals surface area contributed by atoms with Crippen LogP contribution in [-0.4, -0.2) is 49.9 Å². The van der Waals surface area contributed by atoms with Gasteiger partial charge >= 0.3 is 12.0 Å². The minimum absolute atomic E-state index is 0.192. The number of esters is 1. The molecule has 14 heteroatoms. The van der Waals surface area contributed by atoms with Gasteiger partial charge in [0.15, 0.2) is 17.7 Å². The number of nitrogens with zero attached hydrogens (tertiary/aromatic N) is 1. The first-order valence-corrected chi connectivity index (χ1v) is 15.2. The molecule has 45 heavy (non-hydrogen) atoms. The molecular weight excluding hydrogens is 691 g/mol. The second-order valence-corrected chi connectivity index (χ2v) is 11.3. The van der Waals surface area contributed by atoms with Crippen LogP contribution in [0.25, 0.3) is 0 Å². The first-order chi connectivity index (χ1) is 21.6. The summed E-state index contributed by atoms with van der Waals surface area (Å²) in [4.78, 5) is 24.6. The molecule has 0 bridgehead atoms. The molecule has 0 radical (unpaired) electrons. The first kappa shape index (κ1) is 33.9. The van der Waals surface area contributed by atoms with Crippen LogP contribution in [0.15, 0.2) is 75.4 Å². The van der Waals surface area contributed by atoms with E-state index in [0.29, 0.717) is 55.2 Å². The van der Waals surface area contributed by atoms with Crippen LogP contribution in [0.1, 0.15) is 36.6 Å². The lowest BCUT2D eigenvalue weighted by atomic mass is 9.95. The summed E-state index contributed by atoms with van der Waals surface area (Å²) in [5.74, 6) is 0.592. The van der Waals surface area contributed by atoms with Gasteiger partial charge in [0.25, 0.3) is 0 Å². The van der Waals surface area contributed by atoms with Gasteiger partial charge in [0.05, 0.1) is 36.0 Å². The maximum absolute atomic E-state index is 12.5. The van der Waals surface area contributed by atoms with Crippen molar-refractivity contribution in [3.63, 3.8) is 0 Å². The van der Waals surface area contributed by atoms with Crippen molar-refractivity contribution in [2.24, 2.45) is 5.10 Å². The molecule has 0 spiro atoms. The van der Waals surface area contributed by atoms with Crippen LogP contribution < -0.4 is 30.3 Å². The summed E-state index contributed by atoms with van der Waals surface area (Å²) >= 11 is 16.0. The predicted octanol–water partition coefficient (Wildman–Crippen LogP) is 5.86. The van der Waals surface area contributed by atoms with Crippen molar-refractivity contribution in [2.75, 3.05) is 20.3 Å². The number of rotatable bonds is 13. The maximum Gasteiger partial charge on any atom is 0.337 e. The fraction of sp³-hybridized carbons (Fsp3) is 0.258. The second-order valence-electron chi connectivity index (χ2n) is 9.60. The van der Waals surface area contributed by atoms with E-state index in [1.54, 1.807) is 50.2 Å². The van der Waals surface area contributed by atoms with E-state index < -0.39 is 24.3 Å². The monoisotopic (exact) mass is 720 g/mol. The van der Waals surface area contributed by atoms with E-state index in [1.165, 1.54) is 13.3 Å². The SMILES string of the molecule is CCOc1cc([C@H]2NC(=O)NC(C)=C2C(=O)OC)ccc1OC[C@H](O)N/N=C/c1cc(Cl)cc(Br)c1OCc1ccccc1Cl. The number of amides is 2. The number of hydrogen-bond acceptors (Lipinski definition) is 9. The summed E-state index contributed by atoms with van der Waals surface area (Å²) in [6, 6.07) is 14.5. The van der Waals surface area contributed by atoms with E-state index in [0.717, 1.165) is 5.56 Å². The highest BCUT2D eigenvalue weighted by molar-refractivity contribution is 9.10. The Morgan fingerprint density at radius 1 is 1.13 bits per heavy atom. The van der Waals surface area contributed by atoms with Crippen LogP contribution in [0.3, 0.4) is 0 Å². The summed E-state index contributed by atoms with van der Waals surface area (Å²) in [5.41, 5.74) is 5.19. The average Bonchev–Trinajstić information content (AvgIpc) is 3.00. The van der Waals surface area contributed by atoms with Crippen LogP contribution in [-0.2, 0) is 16.1 Å². The highest BCUT2D eigenvalue weighted by Crippen LogP contribution is 2.35. The fourth-order valence-corrected chi connectivity index (χ4v) is 5.55. The first-order valence-electron chi connectivity index (χ1n) is 13.7. The Balaban J connectivity index is 1.43. The normalized spacial score (nSPS) is 15.3. The molecule has 0 saturated carbocycles. The molecule has 2 atom stereocenters. The number of ether oxygens (including phenoxy) is 4. The number of urea groups is 1. The Hall–Kier alpha value is -3.97. The summed E-state index contributed by atoms with van der Waals surface area (Å²) in [7, 11) is 1.27. The molecule has 4 N–H and O–H groups in total. The molecule has 0 aromatic heterocycles. The Bertz CT molecular complexity index is 1620. The fourth-order valence-electron chi connectivity index (χ4n) is 4.41. The van der Waals surface area contributed by atoms with Gasteiger partial charge in [-0.1, -0.05) is 47.5 Å². The molecule has 3 aromatic carbocycles. The quantitative estimate of drug-likeness (QED) is 0.0746. The standard InChI is InChI=1S/C31H31BrCl2N4O7/c1-4-43-25-12-18(28-27(30(40)42-3)17(2)36-31(41)37-28)9-10-24(25)44-16-26(39)38-35-14-20-11-21(33)13-22(32)29(20)45-15-19-7-5-6-8-23(19)34/h5-14,26,28,38-39H,4,15-16H2,1-3H3,(H2,36,37,41)/b35-14+/t26-,28+/m0/s1. The molecule has 0 unspecified atom stereocenters. The van der Waals surface area contributed by atoms with E-state index in [4.69, 9.17) is 42.1 Å². The van der Waals surface area contributed by atoms with E-state index in [2.05, 4.69) is 37.1 Å². The van der Waals surface area contributed by atoms with E-state index in [9.17, 15) is 14.7 Å². The molecule has 0 saturated heterocycles. The smallest absolute Gasteiger partial charge is 0.337 e. The van der Waals surface area contributed by atoms with Crippen molar-refractivity contribution in [3.8, 4) is 17.2 Å². The molecule has 0 aliphatic carbocycles. The number of hydrazone groups is 1. The van der Waals surface area contributed by atoms with E-state index in [-0.39, 0.29) is 18.8 Å². The molecular formula is C31H31BrCl2N4O7. The number of methoxy groups -OCH3 is 1. The Morgan fingerprint density at radius 2 is 1.91 bits per heavy atom. The lowest BCUT2D eigenvalue weighted by molar-refractivity contribution is -0.136. The van der Waals surface area contributed by atoms with E-state index >= 15 is 0 Å². The number of nitrogens with one attached hydrogen (secondary N) is 3. The number of carbonyl (C=O) groups excluding carboxylic acids is 2. The predicted molar refractivity (Wildman–Crippen MR) is 174 cm³/mol. The molecule has 3 aromatic rings. The average molecular weight is 722 g/mol.